The molecule has 0 saturated heterocycles. The van der Waals surface area contributed by atoms with Gasteiger partial charge in [0.25, 0.3) is 0 Å². The maximum Gasteiger partial charge on any atom is 0.242 e. The Morgan fingerprint density at radius 3 is 2.26 bits per heavy atom. The van der Waals surface area contributed by atoms with Crippen LogP contribution in [0.1, 0.15) is 36.9 Å². The van der Waals surface area contributed by atoms with Crippen LogP contribution in [-0.4, -0.2) is 33.5 Å². The minimum atomic E-state index is -0.239. The third kappa shape index (κ3) is 4.10. The Morgan fingerprint density at radius 1 is 0.941 bits per heavy atom. The van der Waals surface area contributed by atoms with E-state index in [-0.39, 0.29) is 11.9 Å². The Labute approximate surface area is 199 Å². The van der Waals surface area contributed by atoms with Gasteiger partial charge in [-0.25, -0.2) is 9.69 Å². The molecule has 6 heteroatoms. The molecule has 3 aromatic carbocycles. The molecule has 0 saturated carbocycles. The molecule has 34 heavy (non-hydrogen) atoms. The van der Waals surface area contributed by atoms with Gasteiger partial charge in [-0.15, -0.1) is 0 Å². The molecule has 170 valence electrons. The zero-order chi connectivity index (χ0) is 23.5. The molecule has 4 aromatic rings. The molecule has 0 unspecified atom stereocenters. The Morgan fingerprint density at radius 2 is 1.62 bits per heavy atom. The maximum absolute atomic E-state index is 13.0. The van der Waals surface area contributed by atoms with Gasteiger partial charge >= 0.3 is 0 Å². The monoisotopic (exact) mass is 450 g/mol. The Balaban J connectivity index is 1.59. The number of hydrogen-bond acceptors (Lipinski definition) is 4. The Hall–Kier alpha value is -4.19. The number of aromatic nitrogens is 2. The molecular formula is C28H26N4O2. The number of ether oxygens (including phenoxy) is 1. The topological polar surface area (TPSA) is 59.7 Å². The van der Waals surface area contributed by atoms with Crippen molar-refractivity contribution >= 4 is 11.6 Å². The summed E-state index contributed by atoms with van der Waals surface area (Å²) in [6.45, 7) is 1.87. The van der Waals surface area contributed by atoms with Crippen molar-refractivity contribution in [3.63, 3.8) is 0 Å². The second kappa shape index (κ2) is 9.35. The van der Waals surface area contributed by atoms with Crippen molar-refractivity contribution in [1.29, 1.82) is 0 Å². The average Bonchev–Trinajstić information content (AvgIpc) is 3.54. The van der Waals surface area contributed by atoms with Crippen LogP contribution in [-0.2, 0) is 4.79 Å². The predicted molar refractivity (Wildman–Crippen MR) is 133 cm³/mol. The van der Waals surface area contributed by atoms with Gasteiger partial charge in [-0.05, 0) is 42.0 Å². The Kier molecular flexibility index (Phi) is 5.95. The highest BCUT2D eigenvalue weighted by Crippen LogP contribution is 2.38. The van der Waals surface area contributed by atoms with Gasteiger partial charge in [0.2, 0.25) is 5.91 Å². The van der Waals surface area contributed by atoms with E-state index in [2.05, 4.69) is 0 Å². The molecule has 0 bridgehead atoms. The maximum atomic E-state index is 13.0. The third-order valence-electron chi connectivity index (χ3n) is 6.06. The highest BCUT2D eigenvalue weighted by molar-refractivity contribution is 6.03. The van der Waals surface area contributed by atoms with E-state index in [9.17, 15) is 4.79 Å². The lowest BCUT2D eigenvalue weighted by atomic mass is 9.96. The van der Waals surface area contributed by atoms with Gasteiger partial charge in [-0.3, -0.25) is 4.79 Å². The highest BCUT2D eigenvalue weighted by Gasteiger charge is 2.35. The minimum Gasteiger partial charge on any atom is -0.497 e. The zero-order valence-corrected chi connectivity index (χ0v) is 19.3. The summed E-state index contributed by atoms with van der Waals surface area (Å²) in [5.41, 5.74) is 5.66. The second-order valence-corrected chi connectivity index (χ2v) is 8.17. The molecule has 1 aromatic heterocycles. The van der Waals surface area contributed by atoms with Gasteiger partial charge in [0, 0.05) is 30.2 Å². The molecule has 0 aliphatic carbocycles. The standard InChI is InChI=1S/C28H26N4O2/c1-3-27(33)32-26(18-25(29-32)20-14-16-23(34-2)17-15-20)24-19-31(22-12-8-5-9-13-22)30-28(24)21-10-6-4-7-11-21/h4-17,19,26H,3,18H2,1-2H3/t26-/m0/s1. The molecule has 2 heterocycles. The number of amides is 1. The molecule has 1 aliphatic rings. The lowest BCUT2D eigenvalue weighted by molar-refractivity contribution is -0.132. The van der Waals surface area contributed by atoms with Crippen LogP contribution in [0.5, 0.6) is 5.75 Å². The van der Waals surface area contributed by atoms with Crippen LogP contribution >= 0.6 is 0 Å². The number of carbonyl (C=O) groups excluding carboxylic acids is 1. The van der Waals surface area contributed by atoms with Crippen LogP contribution < -0.4 is 4.74 Å². The number of para-hydroxylation sites is 1. The minimum absolute atomic E-state index is 0.0139. The van der Waals surface area contributed by atoms with Gasteiger partial charge in [0.15, 0.2) is 0 Å². The summed E-state index contributed by atoms with van der Waals surface area (Å²) in [6, 6.07) is 27.7. The smallest absolute Gasteiger partial charge is 0.242 e. The fourth-order valence-electron chi connectivity index (χ4n) is 4.27. The number of hydrogen-bond donors (Lipinski definition) is 0. The van der Waals surface area contributed by atoms with Crippen LogP contribution in [0.15, 0.2) is 96.2 Å². The van der Waals surface area contributed by atoms with Gasteiger partial charge < -0.3 is 4.74 Å². The number of benzene rings is 3. The first-order valence-electron chi connectivity index (χ1n) is 11.4. The molecule has 0 spiro atoms. The van der Waals surface area contributed by atoms with Crippen molar-refractivity contribution in [2.75, 3.05) is 7.11 Å². The fourth-order valence-corrected chi connectivity index (χ4v) is 4.27. The SMILES string of the molecule is CCC(=O)N1N=C(c2ccc(OC)cc2)C[C@H]1c1cn(-c2ccccc2)nc1-c1ccccc1. The van der Waals surface area contributed by atoms with Crippen LogP contribution in [0.25, 0.3) is 16.9 Å². The number of rotatable bonds is 6. The van der Waals surface area contributed by atoms with Crippen molar-refractivity contribution in [2.24, 2.45) is 5.10 Å². The van der Waals surface area contributed by atoms with Gasteiger partial charge in [-0.1, -0.05) is 55.5 Å². The number of nitrogens with zero attached hydrogens (tertiary/aromatic N) is 4. The molecule has 6 nitrogen and oxygen atoms in total. The summed E-state index contributed by atoms with van der Waals surface area (Å²) >= 11 is 0. The van der Waals surface area contributed by atoms with Gasteiger partial charge in [0.05, 0.1) is 30.2 Å². The lowest BCUT2D eigenvalue weighted by Crippen LogP contribution is -2.26. The van der Waals surface area contributed by atoms with E-state index in [1.54, 1.807) is 12.1 Å². The largest absolute Gasteiger partial charge is 0.497 e. The van der Waals surface area contributed by atoms with Gasteiger partial charge in [-0.2, -0.15) is 10.2 Å². The van der Waals surface area contributed by atoms with Crippen LogP contribution in [0.2, 0.25) is 0 Å². The summed E-state index contributed by atoms with van der Waals surface area (Å²) in [6.07, 6.45) is 3.02. The first-order valence-corrected chi connectivity index (χ1v) is 11.4. The van der Waals surface area contributed by atoms with E-state index in [1.807, 2.05) is 103 Å². The van der Waals surface area contributed by atoms with Crippen molar-refractivity contribution < 1.29 is 9.53 Å². The van der Waals surface area contributed by atoms with E-state index in [0.29, 0.717) is 12.8 Å². The molecule has 0 radical (unpaired) electrons. The summed E-state index contributed by atoms with van der Waals surface area (Å²) in [7, 11) is 1.65. The molecule has 0 N–H and O–H groups in total. The summed E-state index contributed by atoms with van der Waals surface area (Å²) in [5, 5.41) is 11.4. The van der Waals surface area contributed by atoms with Crippen molar-refractivity contribution in [3.05, 3.63) is 102 Å². The number of hydrazone groups is 1. The van der Waals surface area contributed by atoms with E-state index >= 15 is 0 Å². The van der Waals surface area contributed by atoms with Crippen LogP contribution in [0, 0.1) is 0 Å². The van der Waals surface area contributed by atoms with E-state index < -0.39 is 0 Å². The normalized spacial score (nSPS) is 15.3. The van der Waals surface area contributed by atoms with Crippen molar-refractivity contribution in [3.8, 4) is 22.7 Å². The first kappa shape index (κ1) is 21.6. The van der Waals surface area contributed by atoms with E-state index in [0.717, 1.165) is 39.5 Å². The van der Waals surface area contributed by atoms with Crippen LogP contribution in [0.3, 0.4) is 0 Å². The summed E-state index contributed by atoms with van der Waals surface area (Å²) in [4.78, 5) is 13.0. The molecule has 1 amide bonds. The molecule has 1 atom stereocenters. The quantitative estimate of drug-likeness (QED) is 0.382. The molecular weight excluding hydrogens is 424 g/mol. The number of methoxy groups -OCH3 is 1. The first-order chi connectivity index (χ1) is 16.7. The third-order valence-corrected chi connectivity index (χ3v) is 6.06. The van der Waals surface area contributed by atoms with E-state index in [4.69, 9.17) is 14.9 Å². The summed E-state index contributed by atoms with van der Waals surface area (Å²) < 4.78 is 7.18. The van der Waals surface area contributed by atoms with Gasteiger partial charge in [0.1, 0.15) is 5.75 Å². The van der Waals surface area contributed by atoms with E-state index in [1.165, 1.54) is 0 Å². The number of carbonyl (C=O) groups is 1. The molecule has 5 rings (SSSR count). The highest BCUT2D eigenvalue weighted by atomic mass is 16.5. The zero-order valence-electron chi connectivity index (χ0n) is 19.3. The lowest BCUT2D eigenvalue weighted by Gasteiger charge is -2.21. The van der Waals surface area contributed by atoms with Crippen LogP contribution in [0.4, 0.5) is 0 Å². The summed E-state index contributed by atoms with van der Waals surface area (Å²) in [5.74, 6) is 0.774. The fraction of sp³-hybridized carbons (Fsp3) is 0.179. The molecule has 0 fully saturated rings. The predicted octanol–water partition coefficient (Wildman–Crippen LogP) is 5.64. The van der Waals surface area contributed by atoms with Crippen molar-refractivity contribution in [1.82, 2.24) is 14.8 Å². The average molecular weight is 451 g/mol. The second-order valence-electron chi connectivity index (χ2n) is 8.17. The van der Waals surface area contributed by atoms with Crippen molar-refractivity contribution in [2.45, 2.75) is 25.8 Å². The Bertz CT molecular complexity index is 1310. The molecule has 1 aliphatic heterocycles.